The molecule has 0 N–H and O–H groups in total. The summed E-state index contributed by atoms with van der Waals surface area (Å²) in [5.74, 6) is 1.48. The predicted octanol–water partition coefficient (Wildman–Crippen LogP) is 3.80. The van der Waals surface area contributed by atoms with Gasteiger partial charge in [0.15, 0.2) is 6.10 Å². The van der Waals surface area contributed by atoms with E-state index < -0.39 is 6.16 Å². The molecule has 0 spiro atoms. The molecule has 0 radical (unpaired) electrons. The highest BCUT2D eigenvalue weighted by atomic mass is 16.9. The van der Waals surface area contributed by atoms with Crippen molar-refractivity contribution >= 4 is 6.16 Å². The molecule has 2 saturated carbocycles. The number of hydrogen-bond donors (Lipinski definition) is 0. The first kappa shape index (κ1) is 22.8. The fourth-order valence-corrected chi connectivity index (χ4v) is 6.03. The van der Waals surface area contributed by atoms with Crippen LogP contribution < -0.4 is 0 Å². The molecule has 3 aliphatic heterocycles. The Hall–Kier alpha value is -0.930. The number of rotatable bonds is 8. The molecular weight excluding hydrogens is 416 g/mol. The van der Waals surface area contributed by atoms with Crippen molar-refractivity contribution in [2.75, 3.05) is 26.4 Å². The second-order valence-electron chi connectivity index (χ2n) is 10.7. The van der Waals surface area contributed by atoms with Gasteiger partial charge in [-0.1, -0.05) is 13.8 Å². The van der Waals surface area contributed by atoms with Crippen molar-refractivity contribution in [3.05, 3.63) is 0 Å². The molecule has 4 unspecified atom stereocenters. The average molecular weight is 455 g/mol. The first-order valence-electron chi connectivity index (χ1n) is 12.5. The summed E-state index contributed by atoms with van der Waals surface area (Å²) in [4.78, 5) is 11.0. The zero-order valence-electron chi connectivity index (χ0n) is 19.4. The Morgan fingerprint density at radius 3 is 1.91 bits per heavy atom. The van der Waals surface area contributed by atoms with Crippen LogP contribution in [-0.4, -0.2) is 69.6 Å². The summed E-state index contributed by atoms with van der Waals surface area (Å²) in [6.45, 7) is 6.86. The fourth-order valence-electron chi connectivity index (χ4n) is 6.03. The third kappa shape index (κ3) is 5.41. The molecule has 5 rings (SSSR count). The molecule has 32 heavy (non-hydrogen) atoms. The standard InChI is InChI=1S/C24H38O8/c1-24(2,16-5-9-18(10-6-16)27-12-20-14-29-23(25)31-20)15-3-7-17(8-4-15)26-11-19-13-28-21-22(30-19)32-21/h15-22H,3-14H2,1-2H3. The molecule has 3 heterocycles. The van der Waals surface area contributed by atoms with E-state index in [0.717, 1.165) is 37.5 Å². The van der Waals surface area contributed by atoms with Gasteiger partial charge in [0, 0.05) is 0 Å². The van der Waals surface area contributed by atoms with Crippen LogP contribution in [0.15, 0.2) is 0 Å². The number of carbonyl (C=O) groups is 1. The van der Waals surface area contributed by atoms with Crippen LogP contribution in [0.2, 0.25) is 0 Å². The van der Waals surface area contributed by atoms with Crippen LogP contribution in [0.3, 0.4) is 0 Å². The highest BCUT2D eigenvalue weighted by Gasteiger charge is 2.47. The Labute approximate surface area is 190 Å². The first-order chi connectivity index (χ1) is 15.5. The summed E-state index contributed by atoms with van der Waals surface area (Å²) >= 11 is 0. The van der Waals surface area contributed by atoms with Gasteiger partial charge in [-0.3, -0.25) is 0 Å². The van der Waals surface area contributed by atoms with E-state index in [0.29, 0.717) is 37.9 Å². The topological polar surface area (TPSA) is 85.0 Å². The van der Waals surface area contributed by atoms with E-state index in [4.69, 9.17) is 33.2 Å². The van der Waals surface area contributed by atoms with Crippen LogP contribution in [-0.2, 0) is 33.2 Å². The molecule has 0 bridgehead atoms. The Kier molecular flexibility index (Phi) is 6.95. The number of cyclic esters (lactones) is 2. The Morgan fingerprint density at radius 2 is 1.38 bits per heavy atom. The maximum atomic E-state index is 11.0. The summed E-state index contributed by atoms with van der Waals surface area (Å²) in [6, 6.07) is 0. The SMILES string of the molecule is CC(C)(C1CCC(OCC2COC(=O)O2)CC1)C1CCC(OCC2COC3OC3O2)CC1. The largest absolute Gasteiger partial charge is 0.508 e. The molecule has 3 saturated heterocycles. The van der Waals surface area contributed by atoms with Crippen molar-refractivity contribution in [3.8, 4) is 0 Å². The van der Waals surface area contributed by atoms with Gasteiger partial charge >= 0.3 is 6.16 Å². The van der Waals surface area contributed by atoms with Gasteiger partial charge in [-0.05, 0) is 68.6 Å². The Bertz CT molecular complexity index is 638. The predicted molar refractivity (Wildman–Crippen MR) is 113 cm³/mol. The smallest absolute Gasteiger partial charge is 0.430 e. The number of epoxide rings is 1. The molecule has 0 aromatic rings. The maximum Gasteiger partial charge on any atom is 0.508 e. The summed E-state index contributed by atoms with van der Waals surface area (Å²) in [5.41, 5.74) is 0.337. The average Bonchev–Trinajstić information content (AvgIpc) is 3.47. The van der Waals surface area contributed by atoms with Crippen molar-refractivity contribution in [2.24, 2.45) is 17.3 Å². The van der Waals surface area contributed by atoms with E-state index in [1.54, 1.807) is 0 Å². The van der Waals surface area contributed by atoms with Gasteiger partial charge in [-0.15, -0.1) is 0 Å². The summed E-state index contributed by atoms with van der Waals surface area (Å²) in [5, 5.41) is 0. The molecule has 8 heteroatoms. The van der Waals surface area contributed by atoms with Gasteiger partial charge in [0.05, 0.1) is 32.0 Å². The van der Waals surface area contributed by atoms with Crippen LogP contribution in [0.5, 0.6) is 0 Å². The summed E-state index contributed by atoms with van der Waals surface area (Å²) in [6.07, 6.45) is 8.80. The van der Waals surface area contributed by atoms with E-state index in [1.165, 1.54) is 25.7 Å². The highest BCUT2D eigenvalue weighted by Crippen LogP contribution is 2.49. The lowest BCUT2D eigenvalue weighted by molar-refractivity contribution is -0.134. The van der Waals surface area contributed by atoms with Gasteiger partial charge < -0.3 is 33.2 Å². The lowest BCUT2D eigenvalue weighted by Gasteiger charge is -2.46. The third-order valence-corrected chi connectivity index (χ3v) is 8.33. The molecule has 0 aromatic heterocycles. The van der Waals surface area contributed by atoms with E-state index in [9.17, 15) is 4.79 Å². The van der Waals surface area contributed by atoms with Crippen molar-refractivity contribution in [2.45, 2.75) is 102 Å². The number of fused-ring (bicyclic) bond motifs is 1. The molecular formula is C24H38O8. The lowest BCUT2D eigenvalue weighted by Crippen LogP contribution is -2.40. The second kappa shape index (κ2) is 9.74. The Morgan fingerprint density at radius 1 is 0.781 bits per heavy atom. The van der Waals surface area contributed by atoms with Crippen LogP contribution in [0.4, 0.5) is 4.79 Å². The van der Waals surface area contributed by atoms with Crippen molar-refractivity contribution < 1.29 is 38.0 Å². The Balaban J connectivity index is 0.995. The quantitative estimate of drug-likeness (QED) is 0.404. The van der Waals surface area contributed by atoms with Crippen molar-refractivity contribution in [3.63, 3.8) is 0 Å². The molecule has 4 atom stereocenters. The molecule has 0 aromatic carbocycles. The minimum atomic E-state index is -0.577. The van der Waals surface area contributed by atoms with Gasteiger partial charge in [-0.25, -0.2) is 4.79 Å². The van der Waals surface area contributed by atoms with E-state index in [2.05, 4.69) is 13.8 Å². The lowest BCUT2D eigenvalue weighted by atomic mass is 9.60. The first-order valence-corrected chi connectivity index (χ1v) is 12.5. The van der Waals surface area contributed by atoms with Gasteiger partial charge in [0.25, 0.3) is 0 Å². The molecule has 2 aliphatic carbocycles. The van der Waals surface area contributed by atoms with Gasteiger partial charge in [0.1, 0.15) is 12.7 Å². The normalized spacial score (nSPS) is 42.1. The molecule has 5 fully saturated rings. The molecule has 5 aliphatic rings. The molecule has 182 valence electrons. The van der Waals surface area contributed by atoms with Crippen molar-refractivity contribution in [1.29, 1.82) is 0 Å². The summed E-state index contributed by atoms with van der Waals surface area (Å²) in [7, 11) is 0. The van der Waals surface area contributed by atoms with E-state index in [-0.39, 0.29) is 30.9 Å². The monoisotopic (exact) mass is 454 g/mol. The summed E-state index contributed by atoms with van der Waals surface area (Å²) < 4.78 is 38.6. The number of hydrogen-bond acceptors (Lipinski definition) is 8. The highest BCUT2D eigenvalue weighted by molar-refractivity contribution is 5.61. The second-order valence-corrected chi connectivity index (χ2v) is 10.7. The zero-order valence-corrected chi connectivity index (χ0v) is 19.4. The zero-order chi connectivity index (χ0) is 22.1. The van der Waals surface area contributed by atoms with E-state index in [1.807, 2.05) is 0 Å². The van der Waals surface area contributed by atoms with Crippen molar-refractivity contribution in [1.82, 2.24) is 0 Å². The maximum absolute atomic E-state index is 11.0. The number of carbonyl (C=O) groups excluding carboxylic acids is 1. The van der Waals surface area contributed by atoms with E-state index >= 15 is 0 Å². The third-order valence-electron chi connectivity index (χ3n) is 8.33. The fraction of sp³-hybridized carbons (Fsp3) is 0.958. The van der Waals surface area contributed by atoms with Crippen LogP contribution in [0.25, 0.3) is 0 Å². The number of ether oxygens (including phenoxy) is 7. The molecule has 0 amide bonds. The minimum absolute atomic E-state index is 0.00133. The van der Waals surface area contributed by atoms with Gasteiger partial charge in [-0.2, -0.15) is 0 Å². The van der Waals surface area contributed by atoms with Gasteiger partial charge in [0.2, 0.25) is 12.6 Å². The molecule has 8 nitrogen and oxygen atoms in total. The van der Waals surface area contributed by atoms with Crippen LogP contribution >= 0.6 is 0 Å². The van der Waals surface area contributed by atoms with Crippen LogP contribution in [0.1, 0.15) is 65.2 Å². The minimum Gasteiger partial charge on any atom is -0.430 e. The van der Waals surface area contributed by atoms with Crippen LogP contribution in [0, 0.1) is 17.3 Å².